The van der Waals surface area contributed by atoms with E-state index < -0.39 is 0 Å². The van der Waals surface area contributed by atoms with Crippen molar-refractivity contribution in [2.75, 3.05) is 6.54 Å². The van der Waals surface area contributed by atoms with Gasteiger partial charge in [0.05, 0.1) is 17.5 Å². The maximum Gasteiger partial charge on any atom is 0.254 e. The lowest BCUT2D eigenvalue weighted by molar-refractivity contribution is 0.0951. The van der Waals surface area contributed by atoms with Gasteiger partial charge in [0.2, 0.25) is 0 Å². The van der Waals surface area contributed by atoms with Crippen LogP contribution in [0.5, 0.6) is 0 Å². The van der Waals surface area contributed by atoms with Gasteiger partial charge in [0.15, 0.2) is 5.65 Å². The van der Waals surface area contributed by atoms with Gasteiger partial charge >= 0.3 is 0 Å². The van der Waals surface area contributed by atoms with Crippen LogP contribution in [0.1, 0.15) is 64.8 Å². The van der Waals surface area contributed by atoms with Gasteiger partial charge in [0, 0.05) is 24.2 Å². The molecule has 0 spiro atoms. The molecule has 3 aromatic carbocycles. The average molecular weight is 489 g/mol. The smallest absolute Gasteiger partial charge is 0.254 e. The summed E-state index contributed by atoms with van der Waals surface area (Å²) in [5, 5.41) is 7.67. The Bertz CT molecular complexity index is 1450. The van der Waals surface area contributed by atoms with Crippen molar-refractivity contribution in [1.29, 1.82) is 0 Å². The molecule has 0 atom stereocenters. The topological polar surface area (TPSA) is 59.3 Å². The molecule has 2 aromatic heterocycles. The number of carbonyl (C=O) groups is 1. The summed E-state index contributed by atoms with van der Waals surface area (Å²) in [6.07, 6.45) is 4.29. The molecule has 186 valence electrons. The van der Waals surface area contributed by atoms with Crippen molar-refractivity contribution in [3.05, 3.63) is 125 Å². The lowest BCUT2D eigenvalue weighted by Gasteiger charge is -2.18. The summed E-state index contributed by atoms with van der Waals surface area (Å²) in [5.74, 6) is 0.556. The normalized spacial score (nSPS) is 11.4. The Morgan fingerprint density at radius 1 is 0.838 bits per heavy atom. The van der Waals surface area contributed by atoms with Gasteiger partial charge < -0.3 is 5.32 Å². The molecule has 0 aliphatic heterocycles. The minimum absolute atomic E-state index is 0.134. The molecule has 37 heavy (non-hydrogen) atoms. The van der Waals surface area contributed by atoms with Crippen LogP contribution in [0, 0.1) is 6.92 Å². The highest BCUT2D eigenvalue weighted by Gasteiger charge is 2.18. The van der Waals surface area contributed by atoms with Crippen LogP contribution in [0.3, 0.4) is 0 Å². The van der Waals surface area contributed by atoms with Crippen LogP contribution in [0.25, 0.3) is 16.8 Å². The van der Waals surface area contributed by atoms with E-state index in [1.165, 1.54) is 16.7 Å². The van der Waals surface area contributed by atoms with E-state index in [-0.39, 0.29) is 11.8 Å². The van der Waals surface area contributed by atoms with E-state index in [4.69, 9.17) is 0 Å². The molecule has 5 rings (SSSR count). The van der Waals surface area contributed by atoms with Crippen molar-refractivity contribution in [1.82, 2.24) is 19.9 Å². The number of carbonyl (C=O) groups excluding carboxylic acids is 1. The van der Waals surface area contributed by atoms with Gasteiger partial charge in [-0.2, -0.15) is 5.10 Å². The minimum Gasteiger partial charge on any atom is -0.352 e. The first-order valence-corrected chi connectivity index (χ1v) is 12.8. The predicted molar refractivity (Wildman–Crippen MR) is 149 cm³/mol. The molecular formula is C32H32N4O. The zero-order chi connectivity index (χ0) is 25.8. The number of nitrogens with one attached hydrogen (secondary N) is 1. The van der Waals surface area contributed by atoms with Crippen molar-refractivity contribution in [3.63, 3.8) is 0 Å². The monoisotopic (exact) mass is 488 g/mol. The number of aromatic nitrogens is 3. The molecule has 0 fully saturated rings. The van der Waals surface area contributed by atoms with E-state index in [2.05, 4.69) is 102 Å². The van der Waals surface area contributed by atoms with E-state index in [0.29, 0.717) is 18.0 Å². The molecule has 1 amide bonds. The Morgan fingerprint density at radius 3 is 2.05 bits per heavy atom. The first-order valence-electron chi connectivity index (χ1n) is 12.8. The van der Waals surface area contributed by atoms with Crippen LogP contribution in [0.15, 0.2) is 97.3 Å². The summed E-state index contributed by atoms with van der Waals surface area (Å²) in [6.45, 7) is 6.84. The van der Waals surface area contributed by atoms with Crippen LogP contribution >= 0.6 is 0 Å². The molecule has 0 aliphatic rings. The van der Waals surface area contributed by atoms with Gasteiger partial charge in [-0.1, -0.05) is 98.8 Å². The Hall–Kier alpha value is -4.25. The van der Waals surface area contributed by atoms with Crippen LogP contribution < -0.4 is 5.32 Å². The second-order valence-corrected chi connectivity index (χ2v) is 9.75. The second kappa shape index (κ2) is 10.8. The van der Waals surface area contributed by atoms with E-state index >= 15 is 0 Å². The van der Waals surface area contributed by atoms with Gasteiger partial charge in [0.25, 0.3) is 5.91 Å². The van der Waals surface area contributed by atoms with Crippen LogP contribution in [0.4, 0.5) is 0 Å². The van der Waals surface area contributed by atoms with E-state index in [9.17, 15) is 4.79 Å². The summed E-state index contributed by atoms with van der Waals surface area (Å²) >= 11 is 0. The molecule has 0 radical (unpaired) electrons. The van der Waals surface area contributed by atoms with Gasteiger partial charge in [-0.25, -0.2) is 9.50 Å². The Kier molecular flexibility index (Phi) is 7.13. The van der Waals surface area contributed by atoms with E-state index in [1.54, 1.807) is 10.7 Å². The molecule has 5 heteroatoms. The second-order valence-electron chi connectivity index (χ2n) is 9.75. The summed E-state index contributed by atoms with van der Waals surface area (Å²) in [6, 6.07) is 29.4. The summed E-state index contributed by atoms with van der Waals surface area (Å²) < 4.78 is 1.76. The minimum atomic E-state index is -0.134. The third-order valence-electron chi connectivity index (χ3n) is 7.02. The highest BCUT2D eigenvalue weighted by Crippen LogP contribution is 2.28. The molecule has 0 saturated carbocycles. The molecule has 5 nitrogen and oxygen atoms in total. The largest absolute Gasteiger partial charge is 0.352 e. The van der Waals surface area contributed by atoms with Gasteiger partial charge in [-0.15, -0.1) is 0 Å². The number of aryl methyl sites for hydroxylation is 1. The highest BCUT2D eigenvalue weighted by atomic mass is 16.1. The summed E-state index contributed by atoms with van der Waals surface area (Å²) in [5.41, 5.74) is 7.86. The number of fused-ring (bicyclic) bond motifs is 1. The van der Waals surface area contributed by atoms with E-state index in [1.807, 2.05) is 25.3 Å². The predicted octanol–water partition coefficient (Wildman–Crippen LogP) is 6.78. The fourth-order valence-corrected chi connectivity index (χ4v) is 4.84. The van der Waals surface area contributed by atoms with Crippen LogP contribution in [-0.2, 0) is 0 Å². The molecular weight excluding hydrogens is 456 g/mol. The molecule has 1 N–H and O–H groups in total. The van der Waals surface area contributed by atoms with Crippen LogP contribution in [-0.4, -0.2) is 27.0 Å². The average Bonchev–Trinajstić information content (AvgIpc) is 3.37. The Balaban J connectivity index is 1.32. The lowest BCUT2D eigenvalue weighted by Crippen LogP contribution is -2.27. The summed E-state index contributed by atoms with van der Waals surface area (Å²) in [4.78, 5) is 17.8. The van der Waals surface area contributed by atoms with Gasteiger partial charge in [-0.3, -0.25) is 4.79 Å². The maximum absolute atomic E-state index is 13.1. The molecule has 2 heterocycles. The maximum atomic E-state index is 13.1. The van der Waals surface area contributed by atoms with Crippen molar-refractivity contribution in [3.8, 4) is 11.1 Å². The standard InChI is InChI=1S/C32H32N4O/c1-22(2)24-14-16-27(17-15-24)30-21-35-36-23(3)29(20-34-31(30)36)32(37)33-19-18-28(25-10-6-4-7-11-25)26-12-8-5-9-13-26/h4-17,20-22,28H,18-19H2,1-3H3,(H,33,37). The first-order chi connectivity index (χ1) is 18.0. The fourth-order valence-electron chi connectivity index (χ4n) is 4.84. The van der Waals surface area contributed by atoms with Gasteiger partial charge in [-0.05, 0) is 41.5 Å². The number of nitrogens with zero attached hydrogens (tertiary/aromatic N) is 3. The third-order valence-corrected chi connectivity index (χ3v) is 7.02. The van der Waals surface area contributed by atoms with Crippen LogP contribution in [0.2, 0.25) is 0 Å². The number of benzene rings is 3. The molecule has 0 saturated heterocycles. The third kappa shape index (κ3) is 5.17. The number of hydrogen-bond donors (Lipinski definition) is 1. The molecule has 0 aliphatic carbocycles. The van der Waals surface area contributed by atoms with Gasteiger partial charge in [0.1, 0.15) is 0 Å². The van der Waals surface area contributed by atoms with Crippen molar-refractivity contribution in [2.24, 2.45) is 0 Å². The van der Waals surface area contributed by atoms with Crippen molar-refractivity contribution < 1.29 is 4.79 Å². The first kappa shape index (κ1) is 24.4. The number of hydrogen-bond acceptors (Lipinski definition) is 3. The zero-order valence-corrected chi connectivity index (χ0v) is 21.6. The number of amides is 1. The molecule has 0 unspecified atom stereocenters. The highest BCUT2D eigenvalue weighted by molar-refractivity contribution is 5.95. The lowest BCUT2D eigenvalue weighted by atomic mass is 9.88. The number of rotatable bonds is 8. The molecule has 0 bridgehead atoms. The van der Waals surface area contributed by atoms with Crippen molar-refractivity contribution >= 4 is 11.6 Å². The quantitative estimate of drug-likeness (QED) is 0.262. The SMILES string of the molecule is Cc1c(C(=O)NCCC(c2ccccc2)c2ccccc2)cnc2c(-c3ccc(C(C)C)cc3)cnn12. The summed E-state index contributed by atoms with van der Waals surface area (Å²) in [7, 11) is 0. The van der Waals surface area contributed by atoms with E-state index in [0.717, 1.165) is 28.9 Å². The zero-order valence-electron chi connectivity index (χ0n) is 21.6. The molecule has 5 aromatic rings. The Morgan fingerprint density at radius 2 is 1.46 bits per heavy atom. The Labute approximate surface area is 218 Å². The van der Waals surface area contributed by atoms with Crippen molar-refractivity contribution in [2.45, 2.75) is 39.0 Å². The fraction of sp³-hybridized carbons (Fsp3) is 0.219.